The lowest BCUT2D eigenvalue weighted by Gasteiger charge is -2.16. The summed E-state index contributed by atoms with van der Waals surface area (Å²) >= 11 is 0. The number of anilines is 1. The summed E-state index contributed by atoms with van der Waals surface area (Å²) in [7, 11) is 3.47. The van der Waals surface area contributed by atoms with Gasteiger partial charge in [-0.2, -0.15) is 0 Å². The smallest absolute Gasteiger partial charge is 0.155 e. The molecule has 112 valence electrons. The van der Waals surface area contributed by atoms with Gasteiger partial charge in [-0.05, 0) is 26.1 Å². The number of nitrogens with zero attached hydrogens (tertiary/aromatic N) is 1. The van der Waals surface area contributed by atoms with Crippen molar-refractivity contribution in [1.29, 1.82) is 0 Å². The second-order valence-corrected chi connectivity index (χ2v) is 4.94. The molecule has 0 spiro atoms. The number of nitrogens with one attached hydrogen (secondary N) is 2. The van der Waals surface area contributed by atoms with Crippen LogP contribution in [0.3, 0.4) is 0 Å². The van der Waals surface area contributed by atoms with Crippen LogP contribution in [-0.2, 0) is 4.79 Å². The van der Waals surface area contributed by atoms with Crippen molar-refractivity contribution < 1.29 is 9.53 Å². The van der Waals surface area contributed by atoms with Crippen molar-refractivity contribution in [2.45, 2.75) is 19.4 Å². The average molecular weight is 287 g/mol. The van der Waals surface area contributed by atoms with Crippen molar-refractivity contribution >= 4 is 22.4 Å². The molecule has 1 aromatic carbocycles. The van der Waals surface area contributed by atoms with Gasteiger partial charge < -0.3 is 15.4 Å². The third kappa shape index (κ3) is 3.70. The maximum atomic E-state index is 12.0. The fourth-order valence-electron chi connectivity index (χ4n) is 2.17. The number of fused-ring (bicyclic) bond motifs is 1. The van der Waals surface area contributed by atoms with Crippen LogP contribution in [0.15, 0.2) is 30.5 Å². The van der Waals surface area contributed by atoms with Gasteiger partial charge in [0.15, 0.2) is 5.78 Å². The molecular weight excluding hydrogens is 266 g/mol. The van der Waals surface area contributed by atoms with Crippen LogP contribution in [0.1, 0.15) is 13.3 Å². The first-order valence-corrected chi connectivity index (χ1v) is 7.02. The van der Waals surface area contributed by atoms with Crippen molar-refractivity contribution in [2.75, 3.05) is 26.0 Å². The molecule has 0 fully saturated rings. The van der Waals surface area contributed by atoms with Crippen molar-refractivity contribution in [2.24, 2.45) is 0 Å². The fourth-order valence-corrected chi connectivity index (χ4v) is 2.17. The number of rotatable bonds is 7. The van der Waals surface area contributed by atoms with Crippen LogP contribution < -0.4 is 15.4 Å². The maximum absolute atomic E-state index is 12.0. The molecule has 1 unspecified atom stereocenters. The number of benzene rings is 1. The van der Waals surface area contributed by atoms with Gasteiger partial charge in [0, 0.05) is 30.6 Å². The number of hydrogen-bond donors (Lipinski definition) is 2. The van der Waals surface area contributed by atoms with E-state index in [-0.39, 0.29) is 11.8 Å². The molecule has 1 aromatic heterocycles. The maximum Gasteiger partial charge on any atom is 0.155 e. The molecule has 1 heterocycles. The molecule has 0 radical (unpaired) electrons. The number of ether oxygens (including phenoxy) is 1. The highest BCUT2D eigenvalue weighted by Crippen LogP contribution is 2.28. The highest BCUT2D eigenvalue weighted by Gasteiger charge is 2.14. The minimum Gasteiger partial charge on any atom is -0.497 e. The standard InChI is InChI=1S/C16H21N3O2/c1-11(15(20)6-8-17-2)19-14-10-13(21-3)9-12-5-4-7-18-16(12)14/h4-5,7,9-11,17,19H,6,8H2,1-3H3. The molecule has 1 atom stereocenters. The van der Waals surface area contributed by atoms with E-state index in [4.69, 9.17) is 4.74 Å². The summed E-state index contributed by atoms with van der Waals surface area (Å²) in [5.74, 6) is 0.907. The number of carbonyl (C=O) groups is 1. The number of methoxy groups -OCH3 is 1. The fraction of sp³-hybridized carbons (Fsp3) is 0.375. The molecule has 2 rings (SSSR count). The first kappa shape index (κ1) is 15.3. The van der Waals surface area contributed by atoms with E-state index in [1.165, 1.54) is 0 Å². The number of pyridine rings is 1. The summed E-state index contributed by atoms with van der Waals surface area (Å²) in [4.78, 5) is 16.4. The van der Waals surface area contributed by atoms with Gasteiger partial charge in [0.05, 0.1) is 24.4 Å². The highest BCUT2D eigenvalue weighted by atomic mass is 16.5. The third-order valence-electron chi connectivity index (χ3n) is 3.39. The number of Topliss-reactive ketones (excluding diaryl/α,β-unsaturated/α-hetero) is 1. The quantitative estimate of drug-likeness (QED) is 0.817. The number of ketones is 1. The Kier molecular flexibility index (Phi) is 5.11. The normalized spacial score (nSPS) is 12.1. The number of hydrogen-bond acceptors (Lipinski definition) is 5. The van der Waals surface area contributed by atoms with Gasteiger partial charge in [-0.15, -0.1) is 0 Å². The van der Waals surface area contributed by atoms with Crippen LogP contribution in [0.2, 0.25) is 0 Å². The Labute approximate surface area is 124 Å². The molecule has 2 N–H and O–H groups in total. The topological polar surface area (TPSA) is 63.2 Å². The molecule has 2 aromatic rings. The van der Waals surface area contributed by atoms with E-state index in [1.807, 2.05) is 38.2 Å². The van der Waals surface area contributed by atoms with Crippen molar-refractivity contribution in [3.8, 4) is 5.75 Å². The van der Waals surface area contributed by atoms with Gasteiger partial charge in [-0.1, -0.05) is 6.07 Å². The minimum absolute atomic E-state index is 0.163. The lowest BCUT2D eigenvalue weighted by atomic mass is 10.1. The van der Waals surface area contributed by atoms with Crippen molar-refractivity contribution in [1.82, 2.24) is 10.3 Å². The molecule has 0 saturated carbocycles. The summed E-state index contributed by atoms with van der Waals surface area (Å²) < 4.78 is 5.31. The summed E-state index contributed by atoms with van der Waals surface area (Å²) in [6.07, 6.45) is 2.24. The van der Waals surface area contributed by atoms with E-state index < -0.39 is 0 Å². The minimum atomic E-state index is -0.268. The first-order chi connectivity index (χ1) is 10.2. The molecule has 0 aliphatic heterocycles. The van der Waals surface area contributed by atoms with E-state index in [0.29, 0.717) is 13.0 Å². The monoisotopic (exact) mass is 287 g/mol. The molecule has 21 heavy (non-hydrogen) atoms. The molecule has 0 aliphatic rings. The van der Waals surface area contributed by atoms with Crippen molar-refractivity contribution in [3.05, 3.63) is 30.5 Å². The Morgan fingerprint density at radius 2 is 2.24 bits per heavy atom. The van der Waals surface area contributed by atoms with Gasteiger partial charge in [-0.3, -0.25) is 9.78 Å². The van der Waals surface area contributed by atoms with Gasteiger partial charge in [0.25, 0.3) is 0 Å². The predicted octanol–water partition coefficient (Wildman–Crippen LogP) is 2.22. The lowest BCUT2D eigenvalue weighted by molar-refractivity contribution is -0.119. The van der Waals surface area contributed by atoms with Crippen LogP contribution >= 0.6 is 0 Å². The lowest BCUT2D eigenvalue weighted by Crippen LogP contribution is -2.28. The van der Waals surface area contributed by atoms with Gasteiger partial charge in [-0.25, -0.2) is 0 Å². The predicted molar refractivity (Wildman–Crippen MR) is 84.9 cm³/mol. The van der Waals surface area contributed by atoms with E-state index in [9.17, 15) is 4.79 Å². The largest absolute Gasteiger partial charge is 0.497 e. The third-order valence-corrected chi connectivity index (χ3v) is 3.39. The Morgan fingerprint density at radius 3 is 2.95 bits per heavy atom. The number of carbonyl (C=O) groups excluding carboxylic acids is 1. The average Bonchev–Trinajstić information content (AvgIpc) is 2.52. The van der Waals surface area contributed by atoms with Crippen LogP contribution in [0.5, 0.6) is 5.75 Å². The molecule has 5 nitrogen and oxygen atoms in total. The van der Waals surface area contributed by atoms with E-state index in [2.05, 4.69) is 15.6 Å². The molecule has 5 heteroatoms. The highest BCUT2D eigenvalue weighted by molar-refractivity contribution is 5.94. The molecule has 0 aliphatic carbocycles. The Bertz CT molecular complexity index is 628. The SMILES string of the molecule is CNCCC(=O)C(C)Nc1cc(OC)cc2cccnc12. The Morgan fingerprint density at radius 1 is 1.43 bits per heavy atom. The van der Waals surface area contributed by atoms with E-state index >= 15 is 0 Å². The zero-order chi connectivity index (χ0) is 15.2. The molecule has 0 amide bonds. The van der Waals surface area contributed by atoms with Crippen LogP contribution in [0.4, 0.5) is 5.69 Å². The van der Waals surface area contributed by atoms with E-state index in [1.54, 1.807) is 13.3 Å². The second-order valence-electron chi connectivity index (χ2n) is 4.94. The summed E-state index contributed by atoms with van der Waals surface area (Å²) in [6.45, 7) is 2.55. The van der Waals surface area contributed by atoms with Gasteiger partial charge in [0.2, 0.25) is 0 Å². The van der Waals surface area contributed by atoms with E-state index in [0.717, 1.165) is 22.3 Å². The van der Waals surface area contributed by atoms with Gasteiger partial charge in [0.1, 0.15) is 5.75 Å². The molecule has 0 bridgehead atoms. The first-order valence-electron chi connectivity index (χ1n) is 7.02. The molecule has 0 saturated heterocycles. The summed E-state index contributed by atoms with van der Waals surface area (Å²) in [5.41, 5.74) is 1.65. The Hall–Kier alpha value is -2.14. The zero-order valence-corrected chi connectivity index (χ0v) is 12.6. The summed E-state index contributed by atoms with van der Waals surface area (Å²) in [6, 6.07) is 7.39. The van der Waals surface area contributed by atoms with Crippen LogP contribution in [-0.4, -0.2) is 37.5 Å². The zero-order valence-electron chi connectivity index (χ0n) is 12.6. The van der Waals surface area contributed by atoms with Crippen LogP contribution in [0.25, 0.3) is 10.9 Å². The Balaban J connectivity index is 2.26. The second kappa shape index (κ2) is 7.04. The van der Waals surface area contributed by atoms with Gasteiger partial charge >= 0.3 is 0 Å². The number of aromatic nitrogens is 1. The van der Waals surface area contributed by atoms with Crippen LogP contribution in [0, 0.1) is 0 Å². The molecular formula is C16H21N3O2. The van der Waals surface area contributed by atoms with Crippen molar-refractivity contribution in [3.63, 3.8) is 0 Å². The summed E-state index contributed by atoms with van der Waals surface area (Å²) in [5, 5.41) is 7.21.